The molecule has 0 aliphatic carbocycles. The van der Waals surface area contributed by atoms with Crippen molar-refractivity contribution in [3.63, 3.8) is 0 Å². The minimum atomic E-state index is 0.222. The predicted octanol–water partition coefficient (Wildman–Crippen LogP) is 1.52. The van der Waals surface area contributed by atoms with Crippen molar-refractivity contribution >= 4 is 5.91 Å². The second-order valence-electron chi connectivity index (χ2n) is 6.54. The van der Waals surface area contributed by atoms with E-state index in [1.807, 2.05) is 16.5 Å². The zero-order chi connectivity index (χ0) is 15.6. The number of rotatable bonds is 4. The van der Waals surface area contributed by atoms with Crippen molar-refractivity contribution in [1.82, 2.24) is 20.0 Å². The van der Waals surface area contributed by atoms with Gasteiger partial charge < -0.3 is 10.2 Å². The molecule has 1 aliphatic rings. The molecule has 0 saturated carbocycles. The SMILES string of the molecule is Cc1nn(CC(C)C)c(C)c1CC(=O)N1CCNC[C@H]1C. The van der Waals surface area contributed by atoms with Crippen molar-refractivity contribution in [2.24, 2.45) is 5.92 Å². The van der Waals surface area contributed by atoms with Crippen LogP contribution in [0.15, 0.2) is 0 Å². The lowest BCUT2D eigenvalue weighted by molar-refractivity contribution is -0.133. The summed E-state index contributed by atoms with van der Waals surface area (Å²) >= 11 is 0. The Balaban J connectivity index is 2.11. The summed E-state index contributed by atoms with van der Waals surface area (Å²) in [4.78, 5) is 14.6. The lowest BCUT2D eigenvalue weighted by Gasteiger charge is -2.34. The van der Waals surface area contributed by atoms with Gasteiger partial charge >= 0.3 is 0 Å². The largest absolute Gasteiger partial charge is 0.337 e. The summed E-state index contributed by atoms with van der Waals surface area (Å²) in [6, 6.07) is 0.276. The first kappa shape index (κ1) is 16.0. The predicted molar refractivity (Wildman–Crippen MR) is 84.3 cm³/mol. The van der Waals surface area contributed by atoms with Gasteiger partial charge in [-0.3, -0.25) is 9.48 Å². The molecule has 21 heavy (non-hydrogen) atoms. The second-order valence-corrected chi connectivity index (χ2v) is 6.54. The van der Waals surface area contributed by atoms with Crippen LogP contribution < -0.4 is 5.32 Å². The third-order valence-electron chi connectivity index (χ3n) is 4.22. The molecule has 1 atom stereocenters. The van der Waals surface area contributed by atoms with Crippen LogP contribution in [0.25, 0.3) is 0 Å². The van der Waals surface area contributed by atoms with Crippen LogP contribution in [-0.4, -0.2) is 46.3 Å². The number of hydrogen-bond donors (Lipinski definition) is 1. The molecule has 1 N–H and O–H groups in total. The maximum Gasteiger partial charge on any atom is 0.227 e. The molecule has 0 radical (unpaired) electrons. The molecule has 1 saturated heterocycles. The number of hydrogen-bond acceptors (Lipinski definition) is 3. The maximum atomic E-state index is 12.6. The fourth-order valence-corrected chi connectivity index (χ4v) is 2.98. The molecule has 0 aromatic carbocycles. The van der Waals surface area contributed by atoms with E-state index in [0.29, 0.717) is 12.3 Å². The topological polar surface area (TPSA) is 50.2 Å². The minimum absolute atomic E-state index is 0.222. The van der Waals surface area contributed by atoms with Crippen molar-refractivity contribution in [3.05, 3.63) is 17.0 Å². The summed E-state index contributed by atoms with van der Waals surface area (Å²) in [6.45, 7) is 14.0. The molecule has 1 aromatic heterocycles. The van der Waals surface area contributed by atoms with E-state index in [9.17, 15) is 4.79 Å². The van der Waals surface area contributed by atoms with Crippen LogP contribution >= 0.6 is 0 Å². The van der Waals surface area contributed by atoms with Gasteiger partial charge in [0.1, 0.15) is 0 Å². The van der Waals surface area contributed by atoms with Crippen LogP contribution in [0, 0.1) is 19.8 Å². The standard InChI is InChI=1S/C16H28N4O/c1-11(2)10-20-14(5)15(13(4)18-20)8-16(21)19-7-6-17-9-12(19)3/h11-12,17H,6-10H2,1-5H3/t12-/m1/s1. The first-order valence-corrected chi connectivity index (χ1v) is 7.93. The number of aromatic nitrogens is 2. The quantitative estimate of drug-likeness (QED) is 0.915. The summed E-state index contributed by atoms with van der Waals surface area (Å²) in [5, 5.41) is 7.92. The number of nitrogens with zero attached hydrogens (tertiary/aromatic N) is 3. The summed E-state index contributed by atoms with van der Waals surface area (Å²) < 4.78 is 2.05. The highest BCUT2D eigenvalue weighted by Gasteiger charge is 2.25. The molecular formula is C16H28N4O. The van der Waals surface area contributed by atoms with Crippen LogP contribution in [0.3, 0.4) is 0 Å². The average molecular weight is 292 g/mol. The zero-order valence-corrected chi connectivity index (χ0v) is 13.9. The van der Waals surface area contributed by atoms with Crippen LogP contribution in [0.5, 0.6) is 0 Å². The number of amides is 1. The van der Waals surface area contributed by atoms with Crippen LogP contribution in [0.2, 0.25) is 0 Å². The molecule has 0 bridgehead atoms. The molecule has 2 heterocycles. The molecule has 5 heteroatoms. The summed E-state index contributed by atoms with van der Waals surface area (Å²) in [7, 11) is 0. The van der Waals surface area contributed by atoms with E-state index in [0.717, 1.165) is 43.1 Å². The van der Waals surface area contributed by atoms with Gasteiger partial charge in [-0.2, -0.15) is 5.10 Å². The second kappa shape index (κ2) is 6.60. The summed E-state index contributed by atoms with van der Waals surface area (Å²) in [6.07, 6.45) is 0.472. The number of aryl methyl sites for hydroxylation is 1. The van der Waals surface area contributed by atoms with Crippen molar-refractivity contribution < 1.29 is 4.79 Å². The average Bonchev–Trinajstić information content (AvgIpc) is 2.66. The Morgan fingerprint density at radius 1 is 1.43 bits per heavy atom. The molecule has 118 valence electrons. The molecule has 1 aliphatic heterocycles. The van der Waals surface area contributed by atoms with Crippen molar-refractivity contribution in [2.75, 3.05) is 19.6 Å². The van der Waals surface area contributed by atoms with Gasteiger partial charge in [-0.05, 0) is 26.7 Å². The van der Waals surface area contributed by atoms with Gasteiger partial charge in [0, 0.05) is 43.5 Å². The highest BCUT2D eigenvalue weighted by Crippen LogP contribution is 2.17. The fraction of sp³-hybridized carbons (Fsp3) is 0.750. The molecule has 2 rings (SSSR count). The third kappa shape index (κ3) is 3.64. The van der Waals surface area contributed by atoms with Gasteiger partial charge in [0.25, 0.3) is 0 Å². The number of carbonyl (C=O) groups excluding carboxylic acids is 1. The highest BCUT2D eigenvalue weighted by molar-refractivity contribution is 5.79. The smallest absolute Gasteiger partial charge is 0.227 e. The summed E-state index contributed by atoms with van der Waals surface area (Å²) in [5.74, 6) is 0.777. The lowest BCUT2D eigenvalue weighted by Crippen LogP contribution is -2.52. The molecule has 0 spiro atoms. The fourth-order valence-electron chi connectivity index (χ4n) is 2.98. The Bertz CT molecular complexity index is 507. The van der Waals surface area contributed by atoms with E-state index in [1.54, 1.807) is 0 Å². The first-order chi connectivity index (χ1) is 9.90. The van der Waals surface area contributed by atoms with Crippen LogP contribution in [0.1, 0.15) is 37.7 Å². The lowest BCUT2D eigenvalue weighted by atomic mass is 10.1. The summed E-state index contributed by atoms with van der Waals surface area (Å²) in [5.41, 5.74) is 3.23. The van der Waals surface area contributed by atoms with E-state index in [1.165, 1.54) is 0 Å². The zero-order valence-electron chi connectivity index (χ0n) is 13.9. The van der Waals surface area contributed by atoms with E-state index < -0.39 is 0 Å². The number of piperazine rings is 1. The Labute approximate surface area is 127 Å². The van der Waals surface area contributed by atoms with E-state index >= 15 is 0 Å². The normalized spacial score (nSPS) is 19.3. The van der Waals surface area contributed by atoms with E-state index in [4.69, 9.17) is 0 Å². The van der Waals surface area contributed by atoms with Crippen molar-refractivity contribution in [3.8, 4) is 0 Å². The van der Waals surface area contributed by atoms with Crippen LogP contribution in [-0.2, 0) is 17.8 Å². The molecule has 1 amide bonds. The van der Waals surface area contributed by atoms with E-state index in [-0.39, 0.29) is 11.9 Å². The highest BCUT2D eigenvalue weighted by atomic mass is 16.2. The number of carbonyl (C=O) groups is 1. The van der Waals surface area contributed by atoms with Crippen LogP contribution in [0.4, 0.5) is 0 Å². The van der Waals surface area contributed by atoms with Gasteiger partial charge in [-0.15, -0.1) is 0 Å². The monoisotopic (exact) mass is 292 g/mol. The molecular weight excluding hydrogens is 264 g/mol. The van der Waals surface area contributed by atoms with Gasteiger partial charge in [0.15, 0.2) is 0 Å². The maximum absolute atomic E-state index is 12.6. The third-order valence-corrected chi connectivity index (χ3v) is 4.22. The number of nitrogens with one attached hydrogen (secondary N) is 1. The van der Waals surface area contributed by atoms with Gasteiger partial charge in [0.2, 0.25) is 5.91 Å². The Hall–Kier alpha value is -1.36. The molecule has 5 nitrogen and oxygen atoms in total. The minimum Gasteiger partial charge on any atom is -0.337 e. The Morgan fingerprint density at radius 3 is 2.76 bits per heavy atom. The molecule has 1 fully saturated rings. The Morgan fingerprint density at radius 2 is 2.14 bits per heavy atom. The Kier molecular flexibility index (Phi) is 5.04. The first-order valence-electron chi connectivity index (χ1n) is 7.93. The van der Waals surface area contributed by atoms with E-state index in [2.05, 4.69) is 38.1 Å². The van der Waals surface area contributed by atoms with Gasteiger partial charge in [-0.1, -0.05) is 13.8 Å². The van der Waals surface area contributed by atoms with Gasteiger partial charge in [-0.25, -0.2) is 0 Å². The molecule has 0 unspecified atom stereocenters. The molecule has 1 aromatic rings. The van der Waals surface area contributed by atoms with Crippen molar-refractivity contribution in [2.45, 2.75) is 53.6 Å². The van der Waals surface area contributed by atoms with Crippen molar-refractivity contribution in [1.29, 1.82) is 0 Å². The van der Waals surface area contributed by atoms with Gasteiger partial charge in [0.05, 0.1) is 12.1 Å².